The molecule has 0 bridgehead atoms. The molecule has 0 radical (unpaired) electrons. The third kappa shape index (κ3) is 4.20. The van der Waals surface area contributed by atoms with Crippen molar-refractivity contribution in [2.75, 3.05) is 6.54 Å². The van der Waals surface area contributed by atoms with Gasteiger partial charge in [-0.05, 0) is 43.7 Å². The molecule has 2 aromatic carbocycles. The molecule has 0 spiro atoms. The molecule has 1 aliphatic heterocycles. The van der Waals surface area contributed by atoms with Crippen LogP contribution in [0, 0.1) is 5.82 Å². The normalized spacial score (nSPS) is 16.6. The Morgan fingerprint density at radius 3 is 2.67 bits per heavy atom. The summed E-state index contributed by atoms with van der Waals surface area (Å²) < 4.78 is 15.1. The van der Waals surface area contributed by atoms with Crippen molar-refractivity contribution in [3.63, 3.8) is 0 Å². The minimum atomic E-state index is -0.294. The topological polar surface area (TPSA) is 67.2 Å². The van der Waals surface area contributed by atoms with Crippen LogP contribution >= 0.6 is 0 Å². The quantitative estimate of drug-likeness (QED) is 0.681. The van der Waals surface area contributed by atoms with Gasteiger partial charge in [0.25, 0.3) is 0 Å². The predicted octanol–water partition coefficient (Wildman–Crippen LogP) is 3.22. The number of aromatic nitrogens is 2. The third-order valence-corrected chi connectivity index (χ3v) is 5.30. The first-order valence-electron chi connectivity index (χ1n) is 10.2. The molecule has 1 fully saturated rings. The summed E-state index contributed by atoms with van der Waals surface area (Å²) in [5.74, 6) is 0.316. The van der Waals surface area contributed by atoms with Crippen molar-refractivity contribution in [2.45, 2.75) is 45.3 Å². The molecule has 0 aliphatic carbocycles. The van der Waals surface area contributed by atoms with Crippen LogP contribution in [-0.2, 0) is 22.7 Å². The smallest absolute Gasteiger partial charge is 0.240 e. The number of para-hydroxylation sites is 2. The molecule has 1 aromatic heterocycles. The van der Waals surface area contributed by atoms with Gasteiger partial charge in [-0.2, -0.15) is 0 Å². The molecule has 1 atom stereocenters. The molecule has 0 saturated carbocycles. The van der Waals surface area contributed by atoms with E-state index in [9.17, 15) is 14.0 Å². The van der Waals surface area contributed by atoms with Gasteiger partial charge in [0.1, 0.15) is 18.2 Å². The molecule has 156 valence electrons. The molecule has 2 amide bonds. The molecular weight excluding hydrogens is 383 g/mol. The number of fused-ring (bicyclic) bond motifs is 1. The lowest BCUT2D eigenvalue weighted by atomic mass is 10.1. The number of rotatable bonds is 6. The fourth-order valence-corrected chi connectivity index (χ4v) is 3.99. The minimum Gasteiger partial charge on any atom is -0.352 e. The lowest BCUT2D eigenvalue weighted by Crippen LogP contribution is -2.33. The Hall–Kier alpha value is -3.22. The second-order valence-corrected chi connectivity index (χ2v) is 8.07. The van der Waals surface area contributed by atoms with Gasteiger partial charge in [-0.1, -0.05) is 24.3 Å². The molecule has 6 nitrogen and oxygen atoms in total. The van der Waals surface area contributed by atoms with E-state index in [1.165, 1.54) is 12.1 Å². The maximum atomic E-state index is 13.2. The monoisotopic (exact) mass is 408 g/mol. The van der Waals surface area contributed by atoms with Gasteiger partial charge in [-0.25, -0.2) is 9.37 Å². The number of imidazole rings is 1. The second-order valence-electron chi connectivity index (χ2n) is 8.07. The van der Waals surface area contributed by atoms with E-state index in [4.69, 9.17) is 4.98 Å². The Morgan fingerprint density at radius 1 is 1.20 bits per heavy atom. The van der Waals surface area contributed by atoms with Crippen LogP contribution < -0.4 is 5.32 Å². The number of benzene rings is 2. The molecule has 1 aliphatic rings. The van der Waals surface area contributed by atoms with Crippen LogP contribution in [0.1, 0.15) is 37.6 Å². The van der Waals surface area contributed by atoms with E-state index in [-0.39, 0.29) is 36.1 Å². The van der Waals surface area contributed by atoms with Gasteiger partial charge in [0.05, 0.1) is 11.0 Å². The Morgan fingerprint density at radius 2 is 1.93 bits per heavy atom. The maximum absolute atomic E-state index is 13.2. The maximum Gasteiger partial charge on any atom is 0.240 e. The molecule has 30 heavy (non-hydrogen) atoms. The number of nitrogens with zero attached hydrogens (tertiary/aromatic N) is 3. The largest absolute Gasteiger partial charge is 0.352 e. The van der Waals surface area contributed by atoms with Crippen LogP contribution in [0.25, 0.3) is 11.0 Å². The first kappa shape index (κ1) is 20.1. The highest BCUT2D eigenvalue weighted by Crippen LogP contribution is 2.31. The van der Waals surface area contributed by atoms with Gasteiger partial charge in [0.15, 0.2) is 0 Å². The number of amides is 2. The van der Waals surface area contributed by atoms with Crippen molar-refractivity contribution < 1.29 is 14.0 Å². The summed E-state index contributed by atoms with van der Waals surface area (Å²) in [6, 6.07) is 14.0. The van der Waals surface area contributed by atoms with Crippen molar-refractivity contribution in [3.05, 3.63) is 65.7 Å². The average Bonchev–Trinajstić information content (AvgIpc) is 3.24. The van der Waals surface area contributed by atoms with Crippen molar-refractivity contribution in [3.8, 4) is 0 Å². The highest BCUT2D eigenvalue weighted by Gasteiger charge is 2.34. The van der Waals surface area contributed by atoms with Gasteiger partial charge in [-0.15, -0.1) is 0 Å². The highest BCUT2D eigenvalue weighted by atomic mass is 19.1. The van der Waals surface area contributed by atoms with Gasteiger partial charge in [0, 0.05) is 31.5 Å². The summed E-state index contributed by atoms with van der Waals surface area (Å²) in [6.45, 7) is 4.97. The molecule has 1 unspecified atom stereocenters. The average molecular weight is 408 g/mol. The molecule has 1 N–H and O–H groups in total. The zero-order valence-electron chi connectivity index (χ0n) is 17.1. The summed E-state index contributed by atoms with van der Waals surface area (Å²) >= 11 is 0. The number of likely N-dealkylation sites (tertiary alicyclic amines) is 1. The standard InChI is InChI=1S/C23H25FN4O2/c1-15(2)25-21(29)14-28-20-6-4-3-5-19(20)26-23(28)17-11-22(30)27(13-17)12-16-7-9-18(24)10-8-16/h3-10,15,17H,11-14H2,1-2H3,(H,25,29). The molecule has 7 heteroatoms. The number of hydrogen-bond donors (Lipinski definition) is 1. The second kappa shape index (κ2) is 8.26. The van der Waals surface area contributed by atoms with Crippen LogP contribution in [0.5, 0.6) is 0 Å². The Bertz CT molecular complexity index is 1070. The fourth-order valence-electron chi connectivity index (χ4n) is 3.99. The Labute approximate surface area is 174 Å². The summed E-state index contributed by atoms with van der Waals surface area (Å²) in [6.07, 6.45) is 0.344. The highest BCUT2D eigenvalue weighted by molar-refractivity contribution is 5.83. The number of carbonyl (C=O) groups is 2. The van der Waals surface area contributed by atoms with Crippen LogP contribution in [0.15, 0.2) is 48.5 Å². The lowest BCUT2D eigenvalue weighted by molar-refractivity contribution is -0.128. The van der Waals surface area contributed by atoms with Crippen molar-refractivity contribution in [1.29, 1.82) is 0 Å². The van der Waals surface area contributed by atoms with E-state index in [0.717, 1.165) is 22.4 Å². The predicted molar refractivity (Wildman–Crippen MR) is 112 cm³/mol. The number of carbonyl (C=O) groups excluding carboxylic acids is 2. The number of hydrogen-bond acceptors (Lipinski definition) is 3. The molecule has 2 heterocycles. The third-order valence-electron chi connectivity index (χ3n) is 5.30. The van der Waals surface area contributed by atoms with Crippen LogP contribution in [0.2, 0.25) is 0 Å². The van der Waals surface area contributed by atoms with Gasteiger partial charge in [-0.3, -0.25) is 9.59 Å². The van der Waals surface area contributed by atoms with Crippen molar-refractivity contribution >= 4 is 22.8 Å². The van der Waals surface area contributed by atoms with E-state index in [2.05, 4.69) is 5.32 Å². The van der Waals surface area contributed by atoms with E-state index in [1.807, 2.05) is 42.7 Å². The zero-order chi connectivity index (χ0) is 21.3. The lowest BCUT2D eigenvalue weighted by Gasteiger charge is -2.18. The summed E-state index contributed by atoms with van der Waals surface area (Å²) in [5, 5.41) is 2.92. The molecular formula is C23H25FN4O2. The minimum absolute atomic E-state index is 0.0366. The summed E-state index contributed by atoms with van der Waals surface area (Å²) in [5.41, 5.74) is 2.58. The van der Waals surface area contributed by atoms with E-state index < -0.39 is 0 Å². The zero-order valence-corrected chi connectivity index (χ0v) is 17.1. The molecule has 1 saturated heterocycles. The SMILES string of the molecule is CC(C)NC(=O)Cn1c(C2CC(=O)N(Cc3ccc(F)cc3)C2)nc2ccccc21. The molecule has 4 rings (SSSR count). The Kier molecular flexibility index (Phi) is 5.53. The van der Waals surface area contributed by atoms with E-state index >= 15 is 0 Å². The van der Waals surface area contributed by atoms with Crippen molar-refractivity contribution in [1.82, 2.24) is 19.8 Å². The number of nitrogens with one attached hydrogen (secondary N) is 1. The van der Waals surface area contributed by atoms with Crippen molar-refractivity contribution in [2.24, 2.45) is 0 Å². The van der Waals surface area contributed by atoms with Gasteiger partial charge < -0.3 is 14.8 Å². The summed E-state index contributed by atoms with van der Waals surface area (Å²) in [7, 11) is 0. The van der Waals surface area contributed by atoms with E-state index in [1.54, 1.807) is 17.0 Å². The number of halogens is 1. The van der Waals surface area contributed by atoms with Gasteiger partial charge in [0.2, 0.25) is 11.8 Å². The summed E-state index contributed by atoms with van der Waals surface area (Å²) in [4.78, 5) is 31.7. The van der Waals surface area contributed by atoms with E-state index in [0.29, 0.717) is 19.5 Å². The first-order chi connectivity index (χ1) is 14.4. The first-order valence-corrected chi connectivity index (χ1v) is 10.2. The van der Waals surface area contributed by atoms with Crippen LogP contribution in [0.3, 0.4) is 0 Å². The van der Waals surface area contributed by atoms with Crippen LogP contribution in [0.4, 0.5) is 4.39 Å². The van der Waals surface area contributed by atoms with Crippen LogP contribution in [-0.4, -0.2) is 38.9 Å². The molecule has 3 aromatic rings. The van der Waals surface area contributed by atoms with Gasteiger partial charge >= 0.3 is 0 Å². The Balaban J connectivity index is 1.59. The fraction of sp³-hybridized carbons (Fsp3) is 0.348.